The van der Waals surface area contributed by atoms with Crippen LogP contribution in [-0.4, -0.2) is 25.0 Å². The molecule has 1 nitrogen and oxygen atoms in total. The van der Waals surface area contributed by atoms with Crippen molar-refractivity contribution in [2.45, 2.75) is 47.1 Å². The quantitative estimate of drug-likeness (QED) is 0.635. The van der Waals surface area contributed by atoms with E-state index in [4.69, 9.17) is 0 Å². The van der Waals surface area contributed by atoms with Crippen molar-refractivity contribution in [2.75, 3.05) is 14.1 Å². The van der Waals surface area contributed by atoms with Crippen LogP contribution in [0.25, 0.3) is 0 Å². The standard InChI is InChI=1S/C12H27N/c1-9(2)8-10(3)11(4)12(5)13(6)7/h9-12H,8H2,1-7H3. The fraction of sp³-hybridized carbons (Fsp3) is 1.00. The highest BCUT2D eigenvalue weighted by Gasteiger charge is 2.20. The number of nitrogens with zero attached hydrogens (tertiary/aromatic N) is 1. The zero-order valence-corrected chi connectivity index (χ0v) is 10.5. The average Bonchev–Trinajstić information content (AvgIpc) is 2.00. The SMILES string of the molecule is CC(C)CC(C)C(C)C(C)N(C)C. The third-order valence-electron chi connectivity index (χ3n) is 3.32. The summed E-state index contributed by atoms with van der Waals surface area (Å²) >= 11 is 0. The van der Waals surface area contributed by atoms with Crippen LogP contribution in [0.4, 0.5) is 0 Å². The van der Waals surface area contributed by atoms with Gasteiger partial charge in [0.2, 0.25) is 0 Å². The van der Waals surface area contributed by atoms with Gasteiger partial charge in [-0.15, -0.1) is 0 Å². The van der Waals surface area contributed by atoms with Crippen LogP contribution < -0.4 is 0 Å². The minimum absolute atomic E-state index is 0.689. The molecule has 0 amide bonds. The third-order valence-corrected chi connectivity index (χ3v) is 3.32. The summed E-state index contributed by atoms with van der Waals surface area (Å²) in [6.45, 7) is 11.7. The fourth-order valence-electron chi connectivity index (χ4n) is 1.90. The Labute approximate surface area is 84.5 Å². The Kier molecular flexibility index (Phi) is 5.62. The van der Waals surface area contributed by atoms with Crippen molar-refractivity contribution in [3.05, 3.63) is 0 Å². The summed E-state index contributed by atoms with van der Waals surface area (Å²) in [6.07, 6.45) is 1.35. The van der Waals surface area contributed by atoms with Crippen molar-refractivity contribution in [1.82, 2.24) is 4.90 Å². The van der Waals surface area contributed by atoms with Gasteiger partial charge in [0.05, 0.1) is 0 Å². The molecule has 13 heavy (non-hydrogen) atoms. The molecular formula is C12H27N. The smallest absolute Gasteiger partial charge is 0.00890 e. The van der Waals surface area contributed by atoms with Gasteiger partial charge in [-0.25, -0.2) is 0 Å². The highest BCUT2D eigenvalue weighted by atomic mass is 15.1. The minimum Gasteiger partial charge on any atom is -0.306 e. The van der Waals surface area contributed by atoms with E-state index in [2.05, 4.69) is 53.6 Å². The molecule has 0 saturated heterocycles. The molecule has 0 aromatic carbocycles. The van der Waals surface area contributed by atoms with E-state index in [0.717, 1.165) is 17.8 Å². The first-order valence-corrected chi connectivity index (χ1v) is 5.52. The van der Waals surface area contributed by atoms with Crippen LogP contribution in [0.1, 0.15) is 41.0 Å². The van der Waals surface area contributed by atoms with E-state index in [9.17, 15) is 0 Å². The topological polar surface area (TPSA) is 3.24 Å². The van der Waals surface area contributed by atoms with Crippen LogP contribution in [-0.2, 0) is 0 Å². The zero-order chi connectivity index (χ0) is 10.6. The summed E-state index contributed by atoms with van der Waals surface area (Å²) in [5, 5.41) is 0. The highest BCUT2D eigenvalue weighted by Crippen LogP contribution is 2.24. The van der Waals surface area contributed by atoms with Crippen molar-refractivity contribution in [1.29, 1.82) is 0 Å². The summed E-state index contributed by atoms with van der Waals surface area (Å²) in [4.78, 5) is 2.32. The van der Waals surface area contributed by atoms with Crippen molar-refractivity contribution in [2.24, 2.45) is 17.8 Å². The van der Waals surface area contributed by atoms with E-state index in [1.54, 1.807) is 0 Å². The minimum atomic E-state index is 0.689. The molecule has 0 aliphatic heterocycles. The Hall–Kier alpha value is -0.0400. The van der Waals surface area contributed by atoms with Gasteiger partial charge in [0.1, 0.15) is 0 Å². The number of hydrogen-bond acceptors (Lipinski definition) is 1. The normalized spacial score (nSPS) is 19.2. The molecule has 0 heterocycles. The molecule has 1 heteroatoms. The first-order valence-electron chi connectivity index (χ1n) is 5.52. The molecule has 0 rings (SSSR count). The summed E-state index contributed by atoms with van der Waals surface area (Å²) in [5.41, 5.74) is 0. The summed E-state index contributed by atoms with van der Waals surface area (Å²) in [6, 6.07) is 0.689. The van der Waals surface area contributed by atoms with Gasteiger partial charge in [-0.05, 0) is 45.2 Å². The van der Waals surface area contributed by atoms with Crippen LogP contribution in [0.2, 0.25) is 0 Å². The molecule has 0 aromatic heterocycles. The number of rotatable bonds is 5. The van der Waals surface area contributed by atoms with Gasteiger partial charge in [-0.2, -0.15) is 0 Å². The Morgan fingerprint density at radius 1 is 0.923 bits per heavy atom. The molecular weight excluding hydrogens is 158 g/mol. The molecule has 3 unspecified atom stereocenters. The van der Waals surface area contributed by atoms with Gasteiger partial charge >= 0.3 is 0 Å². The molecule has 3 atom stereocenters. The van der Waals surface area contributed by atoms with Crippen LogP contribution in [0.15, 0.2) is 0 Å². The Balaban J connectivity index is 4.01. The molecule has 0 radical (unpaired) electrons. The van der Waals surface area contributed by atoms with E-state index in [1.165, 1.54) is 6.42 Å². The summed E-state index contributed by atoms with van der Waals surface area (Å²) in [5.74, 6) is 2.45. The Bertz CT molecular complexity index is 129. The van der Waals surface area contributed by atoms with E-state index in [0.29, 0.717) is 6.04 Å². The van der Waals surface area contributed by atoms with Crippen LogP contribution >= 0.6 is 0 Å². The second-order valence-corrected chi connectivity index (χ2v) is 5.17. The molecule has 0 fully saturated rings. The molecule has 0 N–H and O–H groups in total. The molecule has 0 aliphatic rings. The van der Waals surface area contributed by atoms with E-state index in [-0.39, 0.29) is 0 Å². The third kappa shape index (κ3) is 4.66. The second-order valence-electron chi connectivity index (χ2n) is 5.17. The van der Waals surface area contributed by atoms with Gasteiger partial charge in [0.15, 0.2) is 0 Å². The van der Waals surface area contributed by atoms with E-state index < -0.39 is 0 Å². The lowest BCUT2D eigenvalue weighted by Crippen LogP contribution is -2.34. The average molecular weight is 185 g/mol. The lowest BCUT2D eigenvalue weighted by molar-refractivity contribution is 0.177. The lowest BCUT2D eigenvalue weighted by Gasteiger charge is -2.31. The van der Waals surface area contributed by atoms with Gasteiger partial charge in [0.25, 0.3) is 0 Å². The van der Waals surface area contributed by atoms with Crippen molar-refractivity contribution in [3.8, 4) is 0 Å². The largest absolute Gasteiger partial charge is 0.306 e. The highest BCUT2D eigenvalue weighted by molar-refractivity contribution is 4.73. The first-order chi connectivity index (χ1) is 5.86. The van der Waals surface area contributed by atoms with Crippen molar-refractivity contribution in [3.63, 3.8) is 0 Å². The van der Waals surface area contributed by atoms with Crippen LogP contribution in [0.5, 0.6) is 0 Å². The molecule has 0 bridgehead atoms. The van der Waals surface area contributed by atoms with Gasteiger partial charge in [-0.1, -0.05) is 27.7 Å². The molecule has 0 spiro atoms. The number of hydrogen-bond donors (Lipinski definition) is 0. The lowest BCUT2D eigenvalue weighted by atomic mass is 9.84. The van der Waals surface area contributed by atoms with E-state index >= 15 is 0 Å². The Morgan fingerprint density at radius 2 is 1.38 bits per heavy atom. The van der Waals surface area contributed by atoms with Crippen LogP contribution in [0, 0.1) is 17.8 Å². The first kappa shape index (κ1) is 13.0. The molecule has 0 saturated carbocycles. The molecule has 80 valence electrons. The monoisotopic (exact) mass is 185 g/mol. The molecule has 0 aromatic rings. The van der Waals surface area contributed by atoms with E-state index in [1.807, 2.05) is 0 Å². The Morgan fingerprint density at radius 3 is 1.69 bits per heavy atom. The summed E-state index contributed by atoms with van der Waals surface area (Å²) < 4.78 is 0. The summed E-state index contributed by atoms with van der Waals surface area (Å²) in [7, 11) is 4.34. The van der Waals surface area contributed by atoms with Gasteiger partial charge in [-0.3, -0.25) is 0 Å². The zero-order valence-electron chi connectivity index (χ0n) is 10.5. The fourth-order valence-corrected chi connectivity index (χ4v) is 1.90. The maximum absolute atomic E-state index is 2.38. The second kappa shape index (κ2) is 5.64. The van der Waals surface area contributed by atoms with Gasteiger partial charge < -0.3 is 4.90 Å². The van der Waals surface area contributed by atoms with Crippen molar-refractivity contribution >= 4 is 0 Å². The van der Waals surface area contributed by atoms with Crippen molar-refractivity contribution < 1.29 is 0 Å². The van der Waals surface area contributed by atoms with Gasteiger partial charge in [0, 0.05) is 6.04 Å². The maximum atomic E-state index is 2.38. The van der Waals surface area contributed by atoms with Crippen LogP contribution in [0.3, 0.4) is 0 Å². The predicted octanol–water partition coefficient (Wildman–Crippen LogP) is 3.25. The predicted molar refractivity (Wildman–Crippen MR) is 60.9 cm³/mol. The molecule has 0 aliphatic carbocycles. The maximum Gasteiger partial charge on any atom is 0.00890 e.